The highest BCUT2D eigenvalue weighted by Crippen LogP contribution is 2.35. The smallest absolute Gasteiger partial charge is 0.257 e. The maximum atomic E-state index is 14.3. The number of rotatable bonds is 2. The summed E-state index contributed by atoms with van der Waals surface area (Å²) >= 11 is 0. The van der Waals surface area contributed by atoms with Crippen LogP contribution in [0.2, 0.25) is 0 Å². The maximum absolute atomic E-state index is 14.3. The van der Waals surface area contributed by atoms with Crippen LogP contribution in [0.3, 0.4) is 0 Å². The quantitative estimate of drug-likeness (QED) is 0.723. The van der Waals surface area contributed by atoms with Gasteiger partial charge in [-0.1, -0.05) is 26.8 Å². The van der Waals surface area contributed by atoms with E-state index in [1.54, 1.807) is 35.0 Å². The van der Waals surface area contributed by atoms with Crippen molar-refractivity contribution in [3.63, 3.8) is 0 Å². The zero-order chi connectivity index (χ0) is 22.5. The maximum Gasteiger partial charge on any atom is 0.257 e. The topological polar surface area (TPSA) is 49.9 Å². The normalized spacial score (nSPS) is 20.8. The van der Waals surface area contributed by atoms with Gasteiger partial charge in [0.2, 0.25) is 5.91 Å². The standard InChI is InChI=1S/C24H26F2N2O3/c1-24(2,3)11-22(29)28-12-19-21(13-28)31-20-9-14(5-7-17(20)23(30)27(19)4)16-8-6-15(25)10-18(16)26/h5-10,19,21H,11-13H2,1-4H3/t19-,21+/m1/s1. The summed E-state index contributed by atoms with van der Waals surface area (Å²) in [6, 6.07) is 7.96. The SMILES string of the molecule is CN1C(=O)c2ccc(-c3ccc(F)cc3F)cc2O[C@H]2CN(C(=O)CC(C)(C)C)C[C@H]21. The molecule has 0 unspecified atom stereocenters. The predicted molar refractivity (Wildman–Crippen MR) is 113 cm³/mol. The highest BCUT2D eigenvalue weighted by Gasteiger charge is 2.44. The Labute approximate surface area is 180 Å². The van der Waals surface area contributed by atoms with Crippen LogP contribution in [0.25, 0.3) is 11.1 Å². The van der Waals surface area contributed by atoms with Crippen molar-refractivity contribution in [1.82, 2.24) is 9.80 Å². The molecule has 7 heteroatoms. The largest absolute Gasteiger partial charge is 0.485 e. The van der Waals surface area contributed by atoms with Crippen LogP contribution in [0.1, 0.15) is 37.6 Å². The van der Waals surface area contributed by atoms with E-state index in [1.165, 1.54) is 12.1 Å². The minimum Gasteiger partial charge on any atom is -0.485 e. The van der Waals surface area contributed by atoms with E-state index < -0.39 is 11.6 Å². The van der Waals surface area contributed by atoms with Crippen LogP contribution in [0.5, 0.6) is 5.75 Å². The number of nitrogens with zero attached hydrogens (tertiary/aromatic N) is 2. The van der Waals surface area contributed by atoms with Gasteiger partial charge in [-0.2, -0.15) is 0 Å². The molecule has 2 heterocycles. The Morgan fingerprint density at radius 3 is 2.48 bits per heavy atom. The molecule has 31 heavy (non-hydrogen) atoms. The number of ether oxygens (including phenoxy) is 1. The summed E-state index contributed by atoms with van der Waals surface area (Å²) in [6.45, 7) is 6.83. The summed E-state index contributed by atoms with van der Waals surface area (Å²) < 4.78 is 33.8. The second kappa shape index (κ2) is 7.62. The predicted octanol–water partition coefficient (Wildman–Crippen LogP) is 4.11. The third kappa shape index (κ3) is 4.13. The third-order valence-electron chi connectivity index (χ3n) is 5.82. The lowest BCUT2D eigenvalue weighted by Crippen LogP contribution is -2.44. The zero-order valence-electron chi connectivity index (χ0n) is 18.1. The van der Waals surface area contributed by atoms with Crippen molar-refractivity contribution in [3.05, 3.63) is 53.6 Å². The van der Waals surface area contributed by atoms with E-state index in [9.17, 15) is 18.4 Å². The molecule has 5 nitrogen and oxygen atoms in total. The van der Waals surface area contributed by atoms with E-state index in [4.69, 9.17) is 4.74 Å². The lowest BCUT2D eigenvalue weighted by atomic mass is 9.92. The molecule has 2 aromatic carbocycles. The number of likely N-dealkylation sites (tertiary alicyclic amines) is 1. The number of benzene rings is 2. The van der Waals surface area contributed by atoms with E-state index in [2.05, 4.69) is 0 Å². The first-order valence-corrected chi connectivity index (χ1v) is 10.3. The van der Waals surface area contributed by atoms with Gasteiger partial charge < -0.3 is 14.5 Å². The minimum absolute atomic E-state index is 0.0346. The van der Waals surface area contributed by atoms with Crippen LogP contribution in [0.4, 0.5) is 8.78 Å². The minimum atomic E-state index is -0.685. The molecular formula is C24H26F2N2O3. The highest BCUT2D eigenvalue weighted by molar-refractivity contribution is 5.98. The molecule has 2 atom stereocenters. The van der Waals surface area contributed by atoms with Crippen molar-refractivity contribution in [2.45, 2.75) is 39.3 Å². The Morgan fingerprint density at radius 1 is 1.10 bits per heavy atom. The van der Waals surface area contributed by atoms with Crippen LogP contribution in [-0.2, 0) is 4.79 Å². The zero-order valence-corrected chi connectivity index (χ0v) is 18.1. The monoisotopic (exact) mass is 428 g/mol. The summed E-state index contributed by atoms with van der Waals surface area (Å²) in [5.74, 6) is -1.17. The number of fused-ring (bicyclic) bond motifs is 2. The fourth-order valence-corrected chi connectivity index (χ4v) is 4.20. The molecule has 0 bridgehead atoms. The summed E-state index contributed by atoms with van der Waals surface area (Å²) in [4.78, 5) is 29.2. The van der Waals surface area contributed by atoms with Crippen LogP contribution in [-0.4, -0.2) is 53.9 Å². The molecule has 0 spiro atoms. The van der Waals surface area contributed by atoms with Crippen LogP contribution in [0, 0.1) is 17.0 Å². The van der Waals surface area contributed by atoms with Crippen molar-refractivity contribution < 1.29 is 23.1 Å². The van der Waals surface area contributed by atoms with Crippen LogP contribution < -0.4 is 4.74 Å². The summed E-state index contributed by atoms with van der Waals surface area (Å²) in [5.41, 5.74) is 0.966. The number of amides is 2. The van der Waals surface area contributed by atoms with Gasteiger partial charge >= 0.3 is 0 Å². The van der Waals surface area contributed by atoms with E-state index in [1.807, 2.05) is 20.8 Å². The van der Waals surface area contributed by atoms with Gasteiger partial charge in [0.25, 0.3) is 5.91 Å². The molecule has 0 radical (unpaired) electrons. The summed E-state index contributed by atoms with van der Waals surface area (Å²) in [6.07, 6.45) is 0.0294. The lowest BCUT2D eigenvalue weighted by molar-refractivity contribution is -0.132. The van der Waals surface area contributed by atoms with Gasteiger partial charge in [0.05, 0.1) is 18.2 Å². The van der Waals surface area contributed by atoms with Gasteiger partial charge in [0.1, 0.15) is 23.5 Å². The van der Waals surface area contributed by atoms with E-state index >= 15 is 0 Å². The Kier molecular flexibility index (Phi) is 5.23. The Bertz CT molecular complexity index is 1050. The van der Waals surface area contributed by atoms with Crippen LogP contribution in [0.15, 0.2) is 36.4 Å². The van der Waals surface area contributed by atoms with E-state index in [-0.39, 0.29) is 34.9 Å². The molecule has 0 aliphatic carbocycles. The average Bonchev–Trinajstić information content (AvgIpc) is 3.06. The summed E-state index contributed by atoms with van der Waals surface area (Å²) in [7, 11) is 1.71. The lowest BCUT2D eigenvalue weighted by Gasteiger charge is -2.25. The van der Waals surface area contributed by atoms with Gasteiger partial charge in [-0.3, -0.25) is 9.59 Å². The van der Waals surface area contributed by atoms with E-state index in [0.717, 1.165) is 6.07 Å². The van der Waals surface area contributed by atoms with Gasteiger partial charge in [-0.15, -0.1) is 0 Å². The fourth-order valence-electron chi connectivity index (χ4n) is 4.20. The molecule has 4 rings (SSSR count). The van der Waals surface area contributed by atoms with Crippen molar-refractivity contribution in [1.29, 1.82) is 0 Å². The van der Waals surface area contributed by atoms with Gasteiger partial charge in [-0.25, -0.2) is 8.78 Å². The Balaban J connectivity index is 1.64. The number of carbonyl (C=O) groups is 2. The van der Waals surface area contributed by atoms with Crippen molar-refractivity contribution in [2.24, 2.45) is 5.41 Å². The van der Waals surface area contributed by atoms with Crippen molar-refractivity contribution in [2.75, 3.05) is 20.1 Å². The second-order valence-electron chi connectivity index (χ2n) is 9.51. The third-order valence-corrected chi connectivity index (χ3v) is 5.82. The molecule has 0 saturated carbocycles. The second-order valence-corrected chi connectivity index (χ2v) is 9.51. The first-order chi connectivity index (χ1) is 14.5. The number of hydrogen-bond donors (Lipinski definition) is 0. The molecule has 2 aliphatic rings. The molecule has 2 aliphatic heterocycles. The van der Waals surface area contributed by atoms with Gasteiger partial charge in [0, 0.05) is 31.6 Å². The number of halogens is 2. The Morgan fingerprint density at radius 2 is 1.81 bits per heavy atom. The highest BCUT2D eigenvalue weighted by atomic mass is 19.1. The molecule has 1 saturated heterocycles. The number of hydrogen-bond acceptors (Lipinski definition) is 3. The average molecular weight is 428 g/mol. The molecule has 0 aromatic heterocycles. The Hall–Kier alpha value is -2.96. The number of likely N-dealkylation sites (N-methyl/N-ethyl adjacent to an activating group) is 1. The fraction of sp³-hybridized carbons (Fsp3) is 0.417. The van der Waals surface area contributed by atoms with Crippen molar-refractivity contribution >= 4 is 11.8 Å². The first-order valence-electron chi connectivity index (χ1n) is 10.3. The molecule has 1 fully saturated rings. The molecule has 0 N–H and O–H groups in total. The van der Waals surface area contributed by atoms with Crippen molar-refractivity contribution in [3.8, 4) is 16.9 Å². The van der Waals surface area contributed by atoms with Gasteiger partial charge in [-0.05, 0) is 35.2 Å². The van der Waals surface area contributed by atoms with Crippen LogP contribution >= 0.6 is 0 Å². The molecular weight excluding hydrogens is 402 g/mol. The van der Waals surface area contributed by atoms with E-state index in [0.29, 0.717) is 36.4 Å². The van der Waals surface area contributed by atoms with Gasteiger partial charge in [0.15, 0.2) is 0 Å². The molecule has 2 aromatic rings. The molecule has 2 amide bonds. The molecule has 164 valence electrons. The summed E-state index contributed by atoms with van der Waals surface area (Å²) in [5, 5.41) is 0. The number of carbonyl (C=O) groups excluding carboxylic acids is 2. The first kappa shape index (κ1) is 21.3.